The molecule has 0 fully saturated rings. The van der Waals surface area contributed by atoms with Crippen LogP contribution in [0.25, 0.3) is 10.8 Å². The van der Waals surface area contributed by atoms with Crippen molar-refractivity contribution in [1.29, 1.82) is 0 Å². The van der Waals surface area contributed by atoms with Gasteiger partial charge >= 0.3 is 0 Å². The molecule has 27 heavy (non-hydrogen) atoms. The van der Waals surface area contributed by atoms with E-state index in [4.69, 9.17) is 0 Å². The van der Waals surface area contributed by atoms with Gasteiger partial charge in [-0.15, -0.1) is 10.2 Å². The average Bonchev–Trinajstić information content (AvgIpc) is 3.04. The Hall–Kier alpha value is -2.93. The van der Waals surface area contributed by atoms with Crippen LogP contribution in [0.3, 0.4) is 0 Å². The molecule has 0 saturated heterocycles. The van der Waals surface area contributed by atoms with Crippen molar-refractivity contribution in [1.82, 2.24) is 24.5 Å². The van der Waals surface area contributed by atoms with Crippen LogP contribution < -0.4 is 5.56 Å². The maximum atomic E-state index is 12.3. The summed E-state index contributed by atoms with van der Waals surface area (Å²) in [6, 6.07) is 17.8. The van der Waals surface area contributed by atoms with Gasteiger partial charge in [0, 0.05) is 25.2 Å². The molecule has 2 heterocycles. The zero-order valence-corrected chi connectivity index (χ0v) is 16.0. The molecular weight excluding hydrogens is 358 g/mol. The first kappa shape index (κ1) is 17.5. The van der Waals surface area contributed by atoms with Gasteiger partial charge < -0.3 is 4.57 Å². The maximum absolute atomic E-state index is 12.3. The smallest absolute Gasteiger partial charge is 0.274 e. The van der Waals surface area contributed by atoms with Crippen LogP contribution in [0.1, 0.15) is 17.1 Å². The molecule has 2 aromatic heterocycles. The van der Waals surface area contributed by atoms with Crippen LogP contribution in [-0.4, -0.2) is 24.5 Å². The van der Waals surface area contributed by atoms with Crippen LogP contribution in [0.2, 0.25) is 0 Å². The van der Waals surface area contributed by atoms with Gasteiger partial charge in [-0.05, 0) is 11.6 Å². The summed E-state index contributed by atoms with van der Waals surface area (Å²) < 4.78 is 3.38. The van der Waals surface area contributed by atoms with E-state index in [1.807, 2.05) is 54.1 Å². The van der Waals surface area contributed by atoms with E-state index < -0.39 is 0 Å². The first-order chi connectivity index (χ1) is 13.1. The molecule has 0 atom stereocenters. The molecule has 4 aromatic rings. The molecule has 6 nitrogen and oxygen atoms in total. The Labute approximate surface area is 160 Å². The van der Waals surface area contributed by atoms with E-state index in [1.54, 1.807) is 18.8 Å². The van der Waals surface area contributed by atoms with Gasteiger partial charge in [-0.3, -0.25) is 4.79 Å². The van der Waals surface area contributed by atoms with Crippen molar-refractivity contribution in [2.45, 2.75) is 17.3 Å². The Morgan fingerprint density at radius 1 is 0.926 bits per heavy atom. The summed E-state index contributed by atoms with van der Waals surface area (Å²) in [6.45, 7) is 0. The van der Waals surface area contributed by atoms with E-state index in [1.165, 1.54) is 10.2 Å². The molecule has 136 valence electrons. The van der Waals surface area contributed by atoms with Crippen LogP contribution >= 0.6 is 11.8 Å². The molecule has 0 aliphatic carbocycles. The van der Waals surface area contributed by atoms with Crippen LogP contribution in [0.5, 0.6) is 0 Å². The van der Waals surface area contributed by atoms with Gasteiger partial charge in [0.15, 0.2) is 5.16 Å². The van der Waals surface area contributed by atoms with Crippen LogP contribution in [0.4, 0.5) is 0 Å². The predicted octanol–water partition coefficient (Wildman–Crippen LogP) is 2.95. The van der Waals surface area contributed by atoms with E-state index in [0.717, 1.165) is 27.8 Å². The average molecular weight is 377 g/mol. The number of rotatable bonds is 5. The summed E-state index contributed by atoms with van der Waals surface area (Å²) in [7, 11) is 3.64. The number of hydrogen-bond donors (Lipinski definition) is 0. The molecule has 4 rings (SSSR count). The predicted molar refractivity (Wildman–Crippen MR) is 107 cm³/mol. The van der Waals surface area contributed by atoms with Gasteiger partial charge in [0.2, 0.25) is 0 Å². The van der Waals surface area contributed by atoms with Gasteiger partial charge in [0.1, 0.15) is 5.82 Å². The standard InChI is InChI=1S/C20H19N5OS/c1-24-18(21-22-20(24)27-13-14-8-4-3-5-9-14)12-17-15-10-6-7-11-16(15)19(26)25(2)23-17/h3-11H,12-13H2,1-2H3. The highest BCUT2D eigenvalue weighted by Crippen LogP contribution is 2.22. The minimum Gasteiger partial charge on any atom is -0.309 e. The maximum Gasteiger partial charge on any atom is 0.274 e. The van der Waals surface area contributed by atoms with Crippen molar-refractivity contribution in [3.8, 4) is 0 Å². The Bertz CT molecular complexity index is 1150. The van der Waals surface area contributed by atoms with Gasteiger partial charge in [-0.2, -0.15) is 5.10 Å². The van der Waals surface area contributed by atoms with E-state index in [0.29, 0.717) is 11.8 Å². The Kier molecular flexibility index (Phi) is 4.77. The molecular formula is C20H19N5OS. The number of benzene rings is 2. The van der Waals surface area contributed by atoms with Crippen LogP contribution in [-0.2, 0) is 26.3 Å². The highest BCUT2D eigenvalue weighted by molar-refractivity contribution is 7.98. The minimum absolute atomic E-state index is 0.0913. The topological polar surface area (TPSA) is 65.6 Å². The molecule has 2 aromatic carbocycles. The number of nitrogens with zero attached hydrogens (tertiary/aromatic N) is 5. The summed E-state index contributed by atoms with van der Waals surface area (Å²) in [5.41, 5.74) is 1.98. The van der Waals surface area contributed by atoms with Crippen molar-refractivity contribution < 1.29 is 0 Å². The number of hydrogen-bond acceptors (Lipinski definition) is 5. The van der Waals surface area contributed by atoms with Crippen molar-refractivity contribution in [2.24, 2.45) is 14.1 Å². The quantitative estimate of drug-likeness (QED) is 0.500. The first-order valence-corrected chi connectivity index (χ1v) is 9.62. The van der Waals surface area contributed by atoms with Crippen molar-refractivity contribution in [3.05, 3.63) is 82.0 Å². The van der Waals surface area contributed by atoms with E-state index in [9.17, 15) is 4.79 Å². The second kappa shape index (κ2) is 7.36. The number of aryl methyl sites for hydroxylation is 1. The largest absolute Gasteiger partial charge is 0.309 e. The van der Waals surface area contributed by atoms with E-state index >= 15 is 0 Å². The zero-order valence-electron chi connectivity index (χ0n) is 15.2. The molecule has 0 bridgehead atoms. The fourth-order valence-corrected chi connectivity index (χ4v) is 3.89. The van der Waals surface area contributed by atoms with Crippen molar-refractivity contribution in [2.75, 3.05) is 0 Å². The van der Waals surface area contributed by atoms with Gasteiger partial charge in [0.25, 0.3) is 5.56 Å². The Balaban J connectivity index is 1.61. The highest BCUT2D eigenvalue weighted by atomic mass is 32.2. The molecule has 0 N–H and O–H groups in total. The second-order valence-corrected chi connectivity index (χ2v) is 7.27. The van der Waals surface area contributed by atoms with Gasteiger partial charge in [0.05, 0.1) is 17.5 Å². The molecule has 0 aliphatic rings. The molecule has 0 radical (unpaired) electrons. The number of thioether (sulfide) groups is 1. The summed E-state index contributed by atoms with van der Waals surface area (Å²) in [5.74, 6) is 1.66. The minimum atomic E-state index is -0.0913. The molecule has 0 spiro atoms. The van der Waals surface area contributed by atoms with E-state index in [-0.39, 0.29) is 5.56 Å². The first-order valence-electron chi connectivity index (χ1n) is 8.63. The zero-order chi connectivity index (χ0) is 18.8. The monoisotopic (exact) mass is 377 g/mol. The summed E-state index contributed by atoms with van der Waals surface area (Å²) >= 11 is 1.65. The third-order valence-corrected chi connectivity index (χ3v) is 5.59. The summed E-state index contributed by atoms with van der Waals surface area (Å²) in [5, 5.41) is 15.5. The summed E-state index contributed by atoms with van der Waals surface area (Å²) in [6.07, 6.45) is 0.518. The molecule has 0 aliphatic heterocycles. The third-order valence-electron chi connectivity index (χ3n) is 4.49. The van der Waals surface area contributed by atoms with Crippen LogP contribution in [0.15, 0.2) is 64.5 Å². The van der Waals surface area contributed by atoms with Crippen molar-refractivity contribution in [3.63, 3.8) is 0 Å². The van der Waals surface area contributed by atoms with E-state index in [2.05, 4.69) is 27.4 Å². The molecule has 0 amide bonds. The second-order valence-electron chi connectivity index (χ2n) is 6.33. The fraction of sp³-hybridized carbons (Fsp3) is 0.200. The lowest BCUT2D eigenvalue weighted by Gasteiger charge is -2.08. The lowest BCUT2D eigenvalue weighted by molar-refractivity contribution is 0.682. The van der Waals surface area contributed by atoms with Gasteiger partial charge in [-0.25, -0.2) is 4.68 Å². The molecule has 0 unspecified atom stereocenters. The number of fused-ring (bicyclic) bond motifs is 1. The lowest BCUT2D eigenvalue weighted by atomic mass is 10.1. The lowest BCUT2D eigenvalue weighted by Crippen LogP contribution is -2.21. The SMILES string of the molecule is Cn1c(Cc2nn(C)c(=O)c3ccccc23)nnc1SCc1ccccc1. The Morgan fingerprint density at radius 2 is 1.63 bits per heavy atom. The fourth-order valence-electron chi connectivity index (χ4n) is 3.00. The highest BCUT2D eigenvalue weighted by Gasteiger charge is 2.14. The van der Waals surface area contributed by atoms with Crippen LogP contribution in [0, 0.1) is 0 Å². The number of aromatic nitrogens is 5. The third kappa shape index (κ3) is 3.50. The van der Waals surface area contributed by atoms with Crippen molar-refractivity contribution >= 4 is 22.5 Å². The molecule has 7 heteroatoms. The summed E-state index contributed by atoms with van der Waals surface area (Å²) in [4.78, 5) is 12.3. The normalized spacial score (nSPS) is 11.2. The Morgan fingerprint density at radius 3 is 2.41 bits per heavy atom. The molecule has 0 saturated carbocycles. The van der Waals surface area contributed by atoms with Gasteiger partial charge in [-0.1, -0.05) is 60.3 Å².